The first-order valence-corrected chi connectivity index (χ1v) is 5.28. The largest absolute Gasteiger partial charge is 0.394 e. The molecule has 17 heavy (non-hydrogen) atoms. The first-order chi connectivity index (χ1) is 8.24. The van der Waals surface area contributed by atoms with Gasteiger partial charge >= 0.3 is 0 Å². The maximum absolute atomic E-state index is 13.8. The number of azide groups is 1. The van der Waals surface area contributed by atoms with E-state index in [2.05, 4.69) is 10.0 Å². The highest BCUT2D eigenvalue weighted by molar-refractivity contribution is 5.29. The molecule has 1 aliphatic rings. The number of benzene rings is 1. The molecule has 0 amide bonds. The van der Waals surface area contributed by atoms with E-state index < -0.39 is 17.5 Å². The van der Waals surface area contributed by atoms with Gasteiger partial charge in [0.25, 0.3) is 0 Å². The van der Waals surface area contributed by atoms with Gasteiger partial charge in [-0.25, -0.2) is 4.39 Å². The van der Waals surface area contributed by atoms with Gasteiger partial charge in [-0.15, -0.1) is 0 Å². The molecule has 1 N–H and O–H groups in total. The summed E-state index contributed by atoms with van der Waals surface area (Å²) < 4.78 is 19.1. The molecule has 0 aliphatic carbocycles. The molecule has 1 heterocycles. The van der Waals surface area contributed by atoms with Crippen LogP contribution in [0.3, 0.4) is 0 Å². The highest BCUT2D eigenvalue weighted by atomic mass is 19.1. The Balaban J connectivity index is 2.55. The van der Waals surface area contributed by atoms with Crippen molar-refractivity contribution in [3.8, 4) is 0 Å². The Morgan fingerprint density at radius 1 is 1.59 bits per heavy atom. The third-order valence-electron chi connectivity index (χ3n) is 3.06. The van der Waals surface area contributed by atoms with Crippen molar-refractivity contribution in [2.24, 2.45) is 5.11 Å². The van der Waals surface area contributed by atoms with Gasteiger partial charge in [-0.1, -0.05) is 23.3 Å². The third-order valence-corrected chi connectivity index (χ3v) is 3.06. The van der Waals surface area contributed by atoms with E-state index in [1.54, 1.807) is 18.2 Å². The third kappa shape index (κ3) is 1.86. The molecule has 0 aromatic heterocycles. The Bertz CT molecular complexity index is 462. The van der Waals surface area contributed by atoms with Crippen LogP contribution in [0.1, 0.15) is 12.0 Å². The normalized spacial score (nSPS) is 27.8. The quantitative estimate of drug-likeness (QED) is 0.496. The molecule has 0 saturated carbocycles. The summed E-state index contributed by atoms with van der Waals surface area (Å²) >= 11 is 0. The van der Waals surface area contributed by atoms with Gasteiger partial charge in [0.05, 0.1) is 12.7 Å². The molecule has 2 atom stereocenters. The van der Waals surface area contributed by atoms with E-state index in [4.69, 9.17) is 10.3 Å². The lowest BCUT2D eigenvalue weighted by atomic mass is 9.84. The number of aliphatic hydroxyl groups is 1. The van der Waals surface area contributed by atoms with Crippen LogP contribution in [0.15, 0.2) is 29.4 Å². The number of rotatable bonds is 3. The summed E-state index contributed by atoms with van der Waals surface area (Å²) in [7, 11) is 0. The molecule has 5 nitrogen and oxygen atoms in total. The zero-order valence-electron chi connectivity index (χ0n) is 9.08. The van der Waals surface area contributed by atoms with E-state index in [0.29, 0.717) is 13.0 Å². The summed E-state index contributed by atoms with van der Waals surface area (Å²) in [4.78, 5) is 2.77. The molecule has 1 aromatic rings. The van der Waals surface area contributed by atoms with Crippen molar-refractivity contribution < 1.29 is 14.2 Å². The average Bonchev–Trinajstić information content (AvgIpc) is 2.74. The van der Waals surface area contributed by atoms with Gasteiger partial charge in [0.1, 0.15) is 11.4 Å². The first-order valence-electron chi connectivity index (χ1n) is 5.28. The molecule has 1 fully saturated rings. The molecule has 0 bridgehead atoms. The van der Waals surface area contributed by atoms with E-state index in [1.807, 2.05) is 0 Å². The van der Waals surface area contributed by atoms with E-state index in [-0.39, 0.29) is 12.2 Å². The van der Waals surface area contributed by atoms with Crippen molar-refractivity contribution in [1.82, 2.24) is 0 Å². The van der Waals surface area contributed by atoms with E-state index in [9.17, 15) is 9.50 Å². The summed E-state index contributed by atoms with van der Waals surface area (Å²) in [5, 5.41) is 12.9. The SMILES string of the molecule is [N-]=[N+]=N[C@@]1(c2ccccc2F)CCO[C@H]1CO. The minimum Gasteiger partial charge on any atom is -0.394 e. The highest BCUT2D eigenvalue weighted by Gasteiger charge is 2.46. The van der Waals surface area contributed by atoms with Gasteiger partial charge in [-0.3, -0.25) is 0 Å². The summed E-state index contributed by atoms with van der Waals surface area (Å²) in [6.07, 6.45) is -0.334. The van der Waals surface area contributed by atoms with E-state index in [1.165, 1.54) is 6.07 Å². The Labute approximate surface area is 97.5 Å². The lowest BCUT2D eigenvalue weighted by molar-refractivity contribution is 0.0296. The summed E-state index contributed by atoms with van der Waals surface area (Å²) in [6.45, 7) is 0.0198. The number of aliphatic hydroxyl groups excluding tert-OH is 1. The van der Waals surface area contributed by atoms with Gasteiger partial charge in [-0.05, 0) is 18.0 Å². The van der Waals surface area contributed by atoms with Gasteiger partial charge in [0.2, 0.25) is 0 Å². The predicted molar refractivity (Wildman–Crippen MR) is 58.7 cm³/mol. The lowest BCUT2D eigenvalue weighted by Gasteiger charge is -2.28. The van der Waals surface area contributed by atoms with Crippen molar-refractivity contribution in [2.75, 3.05) is 13.2 Å². The van der Waals surface area contributed by atoms with Crippen LogP contribution in [0.25, 0.3) is 10.4 Å². The van der Waals surface area contributed by atoms with Crippen molar-refractivity contribution in [2.45, 2.75) is 18.1 Å². The summed E-state index contributed by atoms with van der Waals surface area (Å²) in [5.41, 5.74) is 7.78. The number of hydrogen-bond acceptors (Lipinski definition) is 3. The Morgan fingerprint density at radius 2 is 2.35 bits per heavy atom. The number of hydrogen-bond donors (Lipinski definition) is 1. The van der Waals surface area contributed by atoms with Crippen LogP contribution in [0.4, 0.5) is 4.39 Å². The van der Waals surface area contributed by atoms with Gasteiger partial charge in [-0.2, -0.15) is 0 Å². The molecule has 0 spiro atoms. The predicted octanol–water partition coefficient (Wildman–Crippen LogP) is 2.11. The molecule has 0 radical (unpaired) electrons. The van der Waals surface area contributed by atoms with Crippen LogP contribution in [-0.2, 0) is 10.3 Å². The van der Waals surface area contributed by atoms with Crippen LogP contribution in [0.5, 0.6) is 0 Å². The molecule has 6 heteroatoms. The van der Waals surface area contributed by atoms with Gasteiger partial charge in [0.15, 0.2) is 0 Å². The molecule has 1 saturated heterocycles. The minimum atomic E-state index is -1.14. The molecule has 1 aliphatic heterocycles. The second-order valence-corrected chi connectivity index (χ2v) is 3.89. The Hall–Kier alpha value is -1.62. The molecular formula is C11H12FN3O2. The first kappa shape index (κ1) is 11.9. The van der Waals surface area contributed by atoms with Crippen LogP contribution in [0.2, 0.25) is 0 Å². The molecule has 0 unspecified atom stereocenters. The van der Waals surface area contributed by atoms with Crippen molar-refractivity contribution >= 4 is 0 Å². The summed E-state index contributed by atoms with van der Waals surface area (Å²) in [6, 6.07) is 6.09. The lowest BCUT2D eigenvalue weighted by Crippen LogP contribution is -2.36. The zero-order chi connectivity index (χ0) is 12.3. The molecule has 90 valence electrons. The fourth-order valence-electron chi connectivity index (χ4n) is 2.23. The average molecular weight is 237 g/mol. The van der Waals surface area contributed by atoms with Crippen LogP contribution in [-0.4, -0.2) is 24.4 Å². The topological polar surface area (TPSA) is 78.2 Å². The molecule has 2 rings (SSSR count). The van der Waals surface area contributed by atoms with E-state index in [0.717, 1.165) is 0 Å². The zero-order valence-corrected chi connectivity index (χ0v) is 9.08. The van der Waals surface area contributed by atoms with Crippen LogP contribution in [0, 0.1) is 5.82 Å². The smallest absolute Gasteiger partial charge is 0.127 e. The highest BCUT2D eigenvalue weighted by Crippen LogP contribution is 2.41. The maximum Gasteiger partial charge on any atom is 0.127 e. The van der Waals surface area contributed by atoms with Gasteiger partial charge < -0.3 is 9.84 Å². The molecular weight excluding hydrogens is 225 g/mol. The fraction of sp³-hybridized carbons (Fsp3) is 0.455. The number of ether oxygens (including phenoxy) is 1. The monoisotopic (exact) mass is 237 g/mol. The standard InChI is InChI=1S/C11H12FN3O2/c12-9-4-2-1-3-8(9)11(14-15-13)5-6-17-10(11)7-16/h1-4,10,16H,5-7H2/t10-,11+/m0/s1. The van der Waals surface area contributed by atoms with Crippen molar-refractivity contribution in [3.05, 3.63) is 46.1 Å². The van der Waals surface area contributed by atoms with Crippen molar-refractivity contribution in [3.63, 3.8) is 0 Å². The number of nitrogens with zero attached hydrogens (tertiary/aromatic N) is 3. The maximum atomic E-state index is 13.8. The second kappa shape index (κ2) is 4.71. The Kier molecular flexibility index (Phi) is 3.28. The minimum absolute atomic E-state index is 0.273. The van der Waals surface area contributed by atoms with Crippen LogP contribution >= 0.6 is 0 Å². The van der Waals surface area contributed by atoms with Gasteiger partial charge in [0, 0.05) is 17.1 Å². The fourth-order valence-corrected chi connectivity index (χ4v) is 2.23. The van der Waals surface area contributed by atoms with E-state index >= 15 is 0 Å². The van der Waals surface area contributed by atoms with Crippen LogP contribution < -0.4 is 0 Å². The summed E-state index contributed by atoms with van der Waals surface area (Å²) in [5.74, 6) is -0.455. The second-order valence-electron chi connectivity index (χ2n) is 3.89. The molecule has 1 aromatic carbocycles. The Morgan fingerprint density at radius 3 is 3.00 bits per heavy atom. The number of halogens is 1. The van der Waals surface area contributed by atoms with Crippen molar-refractivity contribution in [1.29, 1.82) is 0 Å².